The van der Waals surface area contributed by atoms with E-state index < -0.39 is 0 Å². The largest absolute Gasteiger partial charge is 0.508 e. The normalized spacial score (nSPS) is 10.1. The van der Waals surface area contributed by atoms with E-state index in [1.807, 2.05) is 0 Å². The molecule has 5 heteroatoms. The lowest BCUT2D eigenvalue weighted by atomic mass is 10.2. The number of halogens is 2. The monoisotopic (exact) mass is 325 g/mol. The van der Waals surface area contributed by atoms with Crippen LogP contribution < -0.4 is 5.32 Å². The molecule has 2 rings (SSSR count). The van der Waals surface area contributed by atoms with Crippen molar-refractivity contribution in [3.8, 4) is 5.75 Å². The summed E-state index contributed by atoms with van der Waals surface area (Å²) in [5.74, 6) is -0.249. The van der Waals surface area contributed by atoms with E-state index in [4.69, 9.17) is 11.6 Å². The highest BCUT2D eigenvalue weighted by atomic mass is 79.9. The van der Waals surface area contributed by atoms with Crippen LogP contribution in [0.4, 0.5) is 5.69 Å². The van der Waals surface area contributed by atoms with Gasteiger partial charge < -0.3 is 10.4 Å². The molecular formula is C13H9BrClNO2. The first kappa shape index (κ1) is 12.9. The molecule has 0 aliphatic carbocycles. The Hall–Kier alpha value is -1.52. The number of phenols is 1. The molecule has 2 aromatic carbocycles. The number of hydrogen-bond acceptors (Lipinski definition) is 2. The van der Waals surface area contributed by atoms with E-state index in [2.05, 4.69) is 21.2 Å². The molecule has 0 unspecified atom stereocenters. The number of aromatic hydroxyl groups is 1. The van der Waals surface area contributed by atoms with Crippen molar-refractivity contribution >= 4 is 39.1 Å². The van der Waals surface area contributed by atoms with Gasteiger partial charge in [0.1, 0.15) is 5.75 Å². The second-order valence-electron chi connectivity index (χ2n) is 3.63. The SMILES string of the molecule is O=C(Nc1ccc(Br)c(Cl)c1)c1cccc(O)c1. The molecule has 3 nitrogen and oxygen atoms in total. The van der Waals surface area contributed by atoms with Gasteiger partial charge in [-0.1, -0.05) is 17.7 Å². The number of carbonyl (C=O) groups excluding carboxylic acids is 1. The molecule has 2 N–H and O–H groups in total. The minimum Gasteiger partial charge on any atom is -0.508 e. The van der Waals surface area contributed by atoms with Gasteiger partial charge in [0, 0.05) is 15.7 Å². The highest BCUT2D eigenvalue weighted by Crippen LogP contribution is 2.25. The lowest BCUT2D eigenvalue weighted by Gasteiger charge is -2.06. The number of nitrogens with one attached hydrogen (secondary N) is 1. The number of benzene rings is 2. The van der Waals surface area contributed by atoms with E-state index in [-0.39, 0.29) is 11.7 Å². The molecule has 0 aliphatic rings. The smallest absolute Gasteiger partial charge is 0.255 e. The summed E-state index contributed by atoms with van der Waals surface area (Å²) < 4.78 is 0.763. The van der Waals surface area contributed by atoms with Gasteiger partial charge in [-0.15, -0.1) is 0 Å². The first-order valence-electron chi connectivity index (χ1n) is 5.12. The standard InChI is InChI=1S/C13H9BrClNO2/c14-11-5-4-9(7-12(11)15)16-13(18)8-2-1-3-10(17)6-8/h1-7,17H,(H,16,18). The van der Waals surface area contributed by atoms with E-state index in [0.29, 0.717) is 16.3 Å². The molecule has 0 bridgehead atoms. The third kappa shape index (κ3) is 3.03. The van der Waals surface area contributed by atoms with Crippen LogP contribution in [-0.2, 0) is 0 Å². The van der Waals surface area contributed by atoms with Crippen molar-refractivity contribution in [2.24, 2.45) is 0 Å². The number of anilines is 1. The van der Waals surface area contributed by atoms with Gasteiger partial charge in [0.05, 0.1) is 5.02 Å². The van der Waals surface area contributed by atoms with Crippen molar-refractivity contribution in [3.63, 3.8) is 0 Å². The highest BCUT2D eigenvalue weighted by molar-refractivity contribution is 9.10. The van der Waals surface area contributed by atoms with Crippen LogP contribution in [0.1, 0.15) is 10.4 Å². The number of rotatable bonds is 2. The molecule has 0 saturated carbocycles. The Morgan fingerprint density at radius 3 is 2.67 bits per heavy atom. The molecule has 92 valence electrons. The van der Waals surface area contributed by atoms with Gasteiger partial charge in [-0.3, -0.25) is 4.79 Å². The van der Waals surface area contributed by atoms with Crippen molar-refractivity contribution in [2.75, 3.05) is 5.32 Å². The maximum absolute atomic E-state index is 11.9. The summed E-state index contributed by atoms with van der Waals surface area (Å²) in [6.07, 6.45) is 0. The van der Waals surface area contributed by atoms with Crippen LogP contribution >= 0.6 is 27.5 Å². The summed E-state index contributed by atoms with van der Waals surface area (Å²) in [4.78, 5) is 11.9. The fraction of sp³-hybridized carbons (Fsp3) is 0. The Labute approximate surface area is 118 Å². The maximum Gasteiger partial charge on any atom is 0.255 e. The van der Waals surface area contributed by atoms with E-state index in [0.717, 1.165) is 4.47 Å². The Morgan fingerprint density at radius 2 is 2.00 bits per heavy atom. The third-order valence-corrected chi connectivity index (χ3v) is 3.52. The molecule has 0 radical (unpaired) electrons. The number of amides is 1. The maximum atomic E-state index is 11.9. The van der Waals surface area contributed by atoms with Crippen LogP contribution in [-0.4, -0.2) is 11.0 Å². The van der Waals surface area contributed by atoms with Crippen molar-refractivity contribution in [1.82, 2.24) is 0 Å². The molecule has 2 aromatic rings. The summed E-state index contributed by atoms with van der Waals surface area (Å²) in [5, 5.41) is 12.5. The van der Waals surface area contributed by atoms with Crippen LogP contribution in [0.15, 0.2) is 46.9 Å². The Morgan fingerprint density at radius 1 is 1.22 bits per heavy atom. The van der Waals surface area contributed by atoms with E-state index in [1.165, 1.54) is 12.1 Å². The number of phenolic OH excluding ortho intramolecular Hbond substituents is 1. The van der Waals surface area contributed by atoms with E-state index in [9.17, 15) is 9.90 Å². The molecule has 18 heavy (non-hydrogen) atoms. The average molecular weight is 327 g/mol. The van der Waals surface area contributed by atoms with Gasteiger partial charge in [0.2, 0.25) is 0 Å². The molecule has 1 amide bonds. The van der Waals surface area contributed by atoms with Gasteiger partial charge in [-0.25, -0.2) is 0 Å². The number of hydrogen-bond donors (Lipinski definition) is 2. The summed E-state index contributed by atoms with van der Waals surface area (Å²) in [7, 11) is 0. The Kier molecular flexibility index (Phi) is 3.89. The van der Waals surface area contributed by atoms with Crippen LogP contribution in [0.3, 0.4) is 0 Å². The van der Waals surface area contributed by atoms with Gasteiger partial charge in [0.25, 0.3) is 5.91 Å². The Balaban J connectivity index is 2.18. The van der Waals surface area contributed by atoms with Gasteiger partial charge in [-0.2, -0.15) is 0 Å². The predicted molar refractivity (Wildman–Crippen MR) is 75.2 cm³/mol. The average Bonchev–Trinajstić information content (AvgIpc) is 2.34. The zero-order valence-electron chi connectivity index (χ0n) is 9.15. The van der Waals surface area contributed by atoms with E-state index >= 15 is 0 Å². The molecule has 0 aromatic heterocycles. The molecule has 0 spiro atoms. The number of carbonyl (C=O) groups is 1. The molecule has 0 fully saturated rings. The van der Waals surface area contributed by atoms with Gasteiger partial charge in [-0.05, 0) is 52.3 Å². The van der Waals surface area contributed by atoms with Crippen LogP contribution in [0.5, 0.6) is 5.75 Å². The fourth-order valence-electron chi connectivity index (χ4n) is 1.42. The van der Waals surface area contributed by atoms with Crippen LogP contribution in [0.2, 0.25) is 5.02 Å². The topological polar surface area (TPSA) is 49.3 Å². The zero-order valence-corrected chi connectivity index (χ0v) is 11.5. The van der Waals surface area contributed by atoms with E-state index in [1.54, 1.807) is 30.3 Å². The van der Waals surface area contributed by atoms with Gasteiger partial charge in [0.15, 0.2) is 0 Å². The third-order valence-electron chi connectivity index (χ3n) is 2.29. The van der Waals surface area contributed by atoms with Crippen LogP contribution in [0.25, 0.3) is 0 Å². The first-order chi connectivity index (χ1) is 8.56. The van der Waals surface area contributed by atoms with Gasteiger partial charge >= 0.3 is 0 Å². The predicted octanol–water partition coefficient (Wildman–Crippen LogP) is 4.06. The van der Waals surface area contributed by atoms with Crippen molar-refractivity contribution in [1.29, 1.82) is 0 Å². The van der Waals surface area contributed by atoms with Crippen molar-refractivity contribution in [3.05, 3.63) is 57.5 Å². The summed E-state index contributed by atoms with van der Waals surface area (Å²) >= 11 is 9.20. The Bertz CT molecular complexity index is 601. The molecule has 0 heterocycles. The fourth-order valence-corrected chi connectivity index (χ4v) is 1.85. The second-order valence-corrected chi connectivity index (χ2v) is 4.89. The van der Waals surface area contributed by atoms with Crippen molar-refractivity contribution < 1.29 is 9.90 Å². The quantitative estimate of drug-likeness (QED) is 0.874. The highest BCUT2D eigenvalue weighted by Gasteiger charge is 2.07. The molecule has 0 atom stereocenters. The molecule has 0 saturated heterocycles. The lowest BCUT2D eigenvalue weighted by Crippen LogP contribution is -2.11. The zero-order chi connectivity index (χ0) is 13.1. The molecule has 0 aliphatic heterocycles. The summed E-state index contributed by atoms with van der Waals surface area (Å²) in [5.41, 5.74) is 0.977. The molecular weight excluding hydrogens is 318 g/mol. The minimum absolute atomic E-state index is 0.0523. The summed E-state index contributed by atoms with van der Waals surface area (Å²) in [6, 6.07) is 11.3. The lowest BCUT2D eigenvalue weighted by molar-refractivity contribution is 0.102. The minimum atomic E-state index is -0.302. The summed E-state index contributed by atoms with van der Waals surface area (Å²) in [6.45, 7) is 0. The first-order valence-corrected chi connectivity index (χ1v) is 6.29. The second kappa shape index (κ2) is 5.42. The van der Waals surface area contributed by atoms with Crippen LogP contribution in [0, 0.1) is 0 Å². The van der Waals surface area contributed by atoms with Crippen molar-refractivity contribution in [2.45, 2.75) is 0 Å².